The van der Waals surface area contributed by atoms with Crippen molar-refractivity contribution in [2.75, 3.05) is 6.54 Å². The molecule has 0 bridgehead atoms. The van der Waals surface area contributed by atoms with Crippen molar-refractivity contribution in [1.82, 2.24) is 15.5 Å². The van der Waals surface area contributed by atoms with Crippen LogP contribution >= 0.6 is 0 Å². The Morgan fingerprint density at radius 2 is 1.56 bits per heavy atom. The van der Waals surface area contributed by atoms with Crippen molar-refractivity contribution < 1.29 is 29.0 Å². The Morgan fingerprint density at radius 1 is 1.00 bits per heavy atom. The first kappa shape index (κ1) is 26.7. The second kappa shape index (κ2) is 10.0. The van der Waals surface area contributed by atoms with Gasteiger partial charge in [0.05, 0.1) is 6.54 Å². The molecule has 3 N–H and O–H groups in total. The molecule has 9 heteroatoms. The van der Waals surface area contributed by atoms with Crippen molar-refractivity contribution in [2.24, 2.45) is 0 Å². The van der Waals surface area contributed by atoms with Crippen LogP contribution in [0.4, 0.5) is 4.79 Å². The first-order valence-electron chi connectivity index (χ1n) is 11.7. The van der Waals surface area contributed by atoms with Crippen LogP contribution in [0.5, 0.6) is 0 Å². The maximum absolute atomic E-state index is 13.8. The van der Waals surface area contributed by atoms with Gasteiger partial charge >= 0.3 is 12.1 Å². The average molecular weight is 496 g/mol. The first-order chi connectivity index (χ1) is 16.7. The van der Waals surface area contributed by atoms with E-state index in [-0.39, 0.29) is 13.0 Å². The highest BCUT2D eigenvalue weighted by Gasteiger charge is 2.57. The number of benzene rings is 2. The number of carbonyl (C=O) groups excluding carboxylic acids is 3. The average Bonchev–Trinajstić information content (AvgIpc) is 2.78. The van der Waals surface area contributed by atoms with Gasteiger partial charge in [0.25, 0.3) is 5.91 Å². The Morgan fingerprint density at radius 3 is 2.06 bits per heavy atom. The van der Waals surface area contributed by atoms with Crippen molar-refractivity contribution in [3.63, 3.8) is 0 Å². The topological polar surface area (TPSA) is 125 Å². The maximum Gasteiger partial charge on any atom is 0.408 e. The van der Waals surface area contributed by atoms with Crippen molar-refractivity contribution >= 4 is 23.9 Å². The zero-order valence-electron chi connectivity index (χ0n) is 21.2. The molecular weight excluding hydrogens is 462 g/mol. The van der Waals surface area contributed by atoms with Gasteiger partial charge in [0.2, 0.25) is 5.91 Å². The number of carbonyl (C=O) groups is 4. The van der Waals surface area contributed by atoms with E-state index >= 15 is 0 Å². The maximum atomic E-state index is 13.8. The van der Waals surface area contributed by atoms with E-state index in [0.29, 0.717) is 5.56 Å². The van der Waals surface area contributed by atoms with Crippen LogP contribution in [0.25, 0.3) is 0 Å². The predicted molar refractivity (Wildman–Crippen MR) is 133 cm³/mol. The van der Waals surface area contributed by atoms with Crippen LogP contribution in [-0.4, -0.2) is 57.1 Å². The molecule has 3 amide bonds. The summed E-state index contributed by atoms with van der Waals surface area (Å²) in [5.41, 5.74) is -2.28. The molecule has 0 unspecified atom stereocenters. The lowest BCUT2D eigenvalue weighted by atomic mass is 9.80. The number of ether oxygens (including phenoxy) is 1. The number of hydrogen-bond donors (Lipinski definition) is 3. The molecule has 192 valence electrons. The van der Waals surface area contributed by atoms with Crippen LogP contribution in [-0.2, 0) is 25.5 Å². The fourth-order valence-electron chi connectivity index (χ4n) is 4.07. The molecule has 1 aliphatic heterocycles. The smallest absolute Gasteiger partial charge is 0.408 e. The Hall–Kier alpha value is -3.88. The number of nitrogens with one attached hydrogen (secondary N) is 2. The molecule has 9 nitrogen and oxygen atoms in total. The normalized spacial score (nSPS) is 18.6. The van der Waals surface area contributed by atoms with Crippen LogP contribution in [0.1, 0.15) is 51.8 Å². The van der Waals surface area contributed by atoms with E-state index < -0.39 is 46.6 Å². The molecule has 0 aromatic heterocycles. The summed E-state index contributed by atoms with van der Waals surface area (Å²) in [6.45, 7) is 7.95. The summed E-state index contributed by atoms with van der Waals surface area (Å²) in [7, 11) is 0. The summed E-state index contributed by atoms with van der Waals surface area (Å²) in [5, 5.41) is 14.8. The van der Waals surface area contributed by atoms with Gasteiger partial charge in [0.1, 0.15) is 22.7 Å². The lowest BCUT2D eigenvalue weighted by Gasteiger charge is -2.51. The van der Waals surface area contributed by atoms with Gasteiger partial charge in [-0.3, -0.25) is 9.59 Å². The molecule has 36 heavy (non-hydrogen) atoms. The van der Waals surface area contributed by atoms with Crippen molar-refractivity contribution in [3.05, 3.63) is 71.8 Å². The molecule has 0 aliphatic carbocycles. The summed E-state index contributed by atoms with van der Waals surface area (Å²) in [6, 6.07) is 16.8. The van der Waals surface area contributed by atoms with E-state index in [1.54, 1.807) is 51.1 Å². The molecule has 0 spiro atoms. The summed E-state index contributed by atoms with van der Waals surface area (Å²) >= 11 is 0. The van der Waals surface area contributed by atoms with Gasteiger partial charge < -0.3 is 25.4 Å². The molecule has 1 aliphatic rings. The number of aliphatic carboxylic acids is 1. The van der Waals surface area contributed by atoms with E-state index in [9.17, 15) is 24.3 Å². The standard InChI is InChI=1S/C27H33N3O6/c1-25(2,3)36-24(35)29-27(16-18-12-8-6-9-13-18)17-30(22(27)32)20(19-14-10-7-11-15-19)21(31)28-26(4,5)23(33)34/h6-15,20H,16-17H2,1-5H3,(H,28,31)(H,29,35)(H,33,34)/t20-,27+/m0/s1. The van der Waals surface area contributed by atoms with Gasteiger partial charge in [-0.25, -0.2) is 9.59 Å². The highest BCUT2D eigenvalue weighted by molar-refractivity contribution is 6.00. The molecule has 1 saturated heterocycles. The lowest BCUT2D eigenvalue weighted by molar-refractivity contribution is -0.162. The number of nitrogens with zero attached hydrogens (tertiary/aromatic N) is 1. The molecule has 1 fully saturated rings. The number of likely N-dealkylation sites (tertiary alicyclic amines) is 1. The summed E-state index contributed by atoms with van der Waals surface area (Å²) < 4.78 is 5.41. The van der Waals surface area contributed by atoms with Gasteiger partial charge in [0.15, 0.2) is 0 Å². The lowest BCUT2D eigenvalue weighted by Crippen LogP contribution is -2.76. The third-order valence-electron chi connectivity index (χ3n) is 5.85. The van der Waals surface area contributed by atoms with Crippen LogP contribution in [0.2, 0.25) is 0 Å². The third-order valence-corrected chi connectivity index (χ3v) is 5.85. The molecule has 2 aromatic rings. The monoisotopic (exact) mass is 495 g/mol. The number of carboxylic acid groups (broad SMARTS) is 1. The predicted octanol–water partition coefficient (Wildman–Crippen LogP) is 3.06. The number of hydrogen-bond acceptors (Lipinski definition) is 5. The minimum Gasteiger partial charge on any atom is -0.480 e. The van der Waals surface area contributed by atoms with Crippen LogP contribution in [0.3, 0.4) is 0 Å². The summed E-state index contributed by atoms with van der Waals surface area (Å²) in [5.74, 6) is -2.30. The van der Waals surface area contributed by atoms with Gasteiger partial charge in [0, 0.05) is 6.42 Å². The van der Waals surface area contributed by atoms with Gasteiger partial charge in [-0.2, -0.15) is 0 Å². The molecule has 2 atom stereocenters. The largest absolute Gasteiger partial charge is 0.480 e. The molecule has 2 aromatic carbocycles. The van der Waals surface area contributed by atoms with E-state index in [2.05, 4.69) is 10.6 Å². The molecule has 1 heterocycles. The number of β-lactam (4-membered cyclic amide) rings is 1. The second-order valence-electron chi connectivity index (χ2n) is 10.5. The summed E-state index contributed by atoms with van der Waals surface area (Å²) in [4.78, 5) is 52.8. The number of alkyl carbamates (subject to hydrolysis) is 1. The van der Waals surface area contributed by atoms with Gasteiger partial charge in [-0.05, 0) is 45.7 Å². The molecule has 0 radical (unpaired) electrons. The number of amides is 3. The highest BCUT2D eigenvalue weighted by Crippen LogP contribution is 2.36. The van der Waals surface area contributed by atoms with E-state index in [1.807, 2.05) is 30.3 Å². The summed E-state index contributed by atoms with van der Waals surface area (Å²) in [6.07, 6.45) is -0.536. The van der Waals surface area contributed by atoms with E-state index in [4.69, 9.17) is 4.74 Å². The van der Waals surface area contributed by atoms with Crippen LogP contribution in [0, 0.1) is 0 Å². The Bertz CT molecular complexity index is 1130. The van der Waals surface area contributed by atoms with Crippen LogP contribution in [0.15, 0.2) is 60.7 Å². The van der Waals surface area contributed by atoms with Crippen molar-refractivity contribution in [2.45, 2.75) is 63.8 Å². The third kappa shape index (κ3) is 6.02. The Kier molecular flexibility index (Phi) is 7.43. The van der Waals surface area contributed by atoms with Crippen LogP contribution < -0.4 is 10.6 Å². The zero-order chi connectivity index (χ0) is 26.7. The Balaban J connectivity index is 1.94. The first-order valence-corrected chi connectivity index (χ1v) is 11.7. The van der Waals surface area contributed by atoms with Crippen molar-refractivity contribution in [1.29, 1.82) is 0 Å². The van der Waals surface area contributed by atoms with E-state index in [1.165, 1.54) is 18.7 Å². The molecule has 0 saturated carbocycles. The highest BCUT2D eigenvalue weighted by atomic mass is 16.6. The molecule has 3 rings (SSSR count). The minimum atomic E-state index is -1.55. The fraction of sp³-hybridized carbons (Fsp3) is 0.407. The second-order valence-corrected chi connectivity index (χ2v) is 10.5. The van der Waals surface area contributed by atoms with E-state index in [0.717, 1.165) is 5.56 Å². The number of carboxylic acids is 1. The number of rotatable bonds is 8. The SMILES string of the molecule is CC(C)(C)OC(=O)N[C@]1(Cc2ccccc2)CN([C@H](C(=O)NC(C)(C)C(=O)O)c2ccccc2)C1=O. The quantitative estimate of drug-likeness (QED) is 0.484. The molecular formula is C27H33N3O6. The van der Waals surface area contributed by atoms with Gasteiger partial charge in [-0.1, -0.05) is 60.7 Å². The minimum absolute atomic E-state index is 0.0282. The zero-order valence-corrected chi connectivity index (χ0v) is 21.2. The van der Waals surface area contributed by atoms with Crippen molar-refractivity contribution in [3.8, 4) is 0 Å². The Labute approximate surface area is 210 Å². The fourth-order valence-corrected chi connectivity index (χ4v) is 4.07. The van der Waals surface area contributed by atoms with Gasteiger partial charge in [-0.15, -0.1) is 0 Å².